The van der Waals surface area contributed by atoms with E-state index in [1.54, 1.807) is 32.9 Å². The van der Waals surface area contributed by atoms with Gasteiger partial charge in [-0.2, -0.15) is 13.2 Å². The van der Waals surface area contributed by atoms with E-state index in [1.807, 2.05) is 13.8 Å². The molecule has 3 N–H and O–H groups in total. The molecule has 0 aliphatic rings. The van der Waals surface area contributed by atoms with Gasteiger partial charge in [-0.1, -0.05) is 38.1 Å². The highest BCUT2D eigenvalue weighted by Gasteiger charge is 2.40. The predicted octanol–water partition coefficient (Wildman–Crippen LogP) is 6.36. The van der Waals surface area contributed by atoms with Crippen LogP contribution in [0.1, 0.15) is 60.5 Å². The van der Waals surface area contributed by atoms with E-state index in [9.17, 15) is 27.9 Å². The number of alkyl halides is 3. The highest BCUT2D eigenvalue weighted by atomic mass is 19.4. The zero-order valence-corrected chi connectivity index (χ0v) is 21.3. The Morgan fingerprint density at radius 3 is 2.08 bits per heavy atom. The molecule has 2 atom stereocenters. The summed E-state index contributed by atoms with van der Waals surface area (Å²) >= 11 is 0. The van der Waals surface area contributed by atoms with E-state index >= 15 is 8.78 Å². The molecule has 10 heteroatoms. The molecule has 5 nitrogen and oxygen atoms in total. The van der Waals surface area contributed by atoms with Gasteiger partial charge in [-0.15, -0.1) is 0 Å². The first-order chi connectivity index (χ1) is 17.1. The van der Waals surface area contributed by atoms with E-state index in [1.165, 1.54) is 6.20 Å². The number of amides is 1. The van der Waals surface area contributed by atoms with Crippen molar-refractivity contribution in [3.8, 4) is 11.1 Å². The van der Waals surface area contributed by atoms with Crippen LogP contribution >= 0.6 is 0 Å². The summed E-state index contributed by atoms with van der Waals surface area (Å²) in [7, 11) is 0. The van der Waals surface area contributed by atoms with Crippen LogP contribution in [0.15, 0.2) is 31.0 Å². The van der Waals surface area contributed by atoms with Crippen LogP contribution in [-0.4, -0.2) is 23.0 Å². The minimum Gasteiger partial charge on any atom is -0.481 e. The number of hydrogen-bond acceptors (Lipinski definition) is 3. The van der Waals surface area contributed by atoms with Crippen LogP contribution in [-0.2, 0) is 15.8 Å². The number of nitrogens with one attached hydrogen (secondary N) is 2. The first-order valence-corrected chi connectivity index (χ1v) is 11.6. The van der Waals surface area contributed by atoms with Crippen LogP contribution < -0.4 is 10.6 Å². The van der Waals surface area contributed by atoms with Crippen molar-refractivity contribution in [1.82, 2.24) is 10.6 Å². The molecule has 0 bridgehead atoms. The second kappa shape index (κ2) is 11.7. The summed E-state index contributed by atoms with van der Waals surface area (Å²) in [6.07, 6.45) is -4.78. The van der Waals surface area contributed by atoms with Crippen molar-refractivity contribution in [3.05, 3.63) is 70.4 Å². The third-order valence-corrected chi connectivity index (χ3v) is 5.87. The summed E-state index contributed by atoms with van der Waals surface area (Å²) in [6, 6.07) is 0.808. The average molecular weight is 527 g/mol. The van der Waals surface area contributed by atoms with Gasteiger partial charge in [0.2, 0.25) is 5.91 Å². The van der Waals surface area contributed by atoms with Crippen LogP contribution in [0.4, 0.5) is 22.0 Å². The fraction of sp³-hybridized carbons (Fsp3) is 0.407. The summed E-state index contributed by atoms with van der Waals surface area (Å²) in [4.78, 5) is 24.6. The molecule has 0 saturated heterocycles. The molecule has 0 fully saturated rings. The minimum atomic E-state index is -5.21. The fourth-order valence-electron chi connectivity index (χ4n) is 4.49. The first-order valence-electron chi connectivity index (χ1n) is 11.6. The van der Waals surface area contributed by atoms with Crippen LogP contribution in [0, 0.1) is 38.3 Å². The van der Waals surface area contributed by atoms with E-state index in [4.69, 9.17) is 0 Å². The lowest BCUT2D eigenvalue weighted by molar-refractivity contribution is -0.140. The lowest BCUT2D eigenvalue weighted by Crippen LogP contribution is -2.45. The molecule has 2 rings (SSSR count). The SMILES string of the molecule is C=CNC(CC(C)C)C(=O)N[C@@H](CC(=O)O)c1c(F)c(-c2c(C)cc(C)cc2C)cc(C(F)(F)F)c1F. The number of hydrogen-bond donors (Lipinski definition) is 3. The zero-order chi connectivity index (χ0) is 28.2. The number of aryl methyl sites for hydroxylation is 3. The van der Waals surface area contributed by atoms with Crippen LogP contribution in [0.3, 0.4) is 0 Å². The molecule has 2 aromatic carbocycles. The van der Waals surface area contributed by atoms with Gasteiger partial charge in [-0.25, -0.2) is 8.78 Å². The summed E-state index contributed by atoms with van der Waals surface area (Å²) in [5, 5.41) is 14.3. The van der Waals surface area contributed by atoms with Crippen molar-refractivity contribution in [1.29, 1.82) is 0 Å². The average Bonchev–Trinajstić information content (AvgIpc) is 2.72. The van der Waals surface area contributed by atoms with Gasteiger partial charge in [0.15, 0.2) is 0 Å². The maximum absolute atomic E-state index is 16.0. The molecule has 37 heavy (non-hydrogen) atoms. The Morgan fingerprint density at radius 2 is 1.62 bits per heavy atom. The van der Waals surface area contributed by atoms with Crippen molar-refractivity contribution in [3.63, 3.8) is 0 Å². The number of carboxylic acids is 1. The van der Waals surface area contributed by atoms with Crippen molar-refractivity contribution in [2.24, 2.45) is 5.92 Å². The molecule has 0 aliphatic carbocycles. The van der Waals surface area contributed by atoms with E-state index in [-0.39, 0.29) is 17.9 Å². The number of halogens is 5. The number of carbonyl (C=O) groups is 2. The van der Waals surface area contributed by atoms with Gasteiger partial charge in [0.05, 0.1) is 18.0 Å². The van der Waals surface area contributed by atoms with Gasteiger partial charge in [0.1, 0.15) is 17.7 Å². The van der Waals surface area contributed by atoms with Crippen LogP contribution in [0.2, 0.25) is 0 Å². The Kier molecular flexibility index (Phi) is 9.46. The van der Waals surface area contributed by atoms with E-state index in [0.717, 1.165) is 5.56 Å². The highest BCUT2D eigenvalue weighted by molar-refractivity contribution is 5.83. The van der Waals surface area contributed by atoms with Gasteiger partial charge in [-0.3, -0.25) is 9.59 Å². The van der Waals surface area contributed by atoms with Crippen LogP contribution in [0.25, 0.3) is 11.1 Å². The second-order valence-electron chi connectivity index (χ2n) is 9.50. The molecule has 0 heterocycles. The molecular weight excluding hydrogens is 495 g/mol. The van der Waals surface area contributed by atoms with Crippen LogP contribution in [0.5, 0.6) is 0 Å². The standard InChI is InChI=1S/C27H31F5N2O3/c1-7-33-20(8-13(2)3)26(37)34-19(12-21(35)36)23-24(28)17(11-18(25(23)29)27(30,31)32)22-15(5)9-14(4)10-16(22)6/h7,9-11,13,19-20,33H,1,8,12H2,2-6H3,(H,34,37)(H,35,36)/t19-,20?/m0/s1. The maximum atomic E-state index is 16.0. The molecule has 0 saturated carbocycles. The topological polar surface area (TPSA) is 78.4 Å². The van der Waals surface area contributed by atoms with Gasteiger partial charge in [0.25, 0.3) is 0 Å². The molecule has 0 spiro atoms. The Balaban J connectivity index is 2.82. The molecule has 0 aliphatic heterocycles. The van der Waals surface area contributed by atoms with E-state index < -0.39 is 64.9 Å². The predicted molar refractivity (Wildman–Crippen MR) is 131 cm³/mol. The Bertz CT molecular complexity index is 1170. The van der Waals surface area contributed by atoms with Gasteiger partial charge in [-0.05, 0) is 62.1 Å². The zero-order valence-electron chi connectivity index (χ0n) is 21.3. The Hall–Kier alpha value is -3.43. The number of benzene rings is 2. The van der Waals surface area contributed by atoms with Crippen molar-refractivity contribution >= 4 is 11.9 Å². The Labute approximate surface area is 212 Å². The minimum absolute atomic E-state index is 0.0118. The number of rotatable bonds is 10. The first kappa shape index (κ1) is 29.8. The van der Waals surface area contributed by atoms with Gasteiger partial charge in [0, 0.05) is 11.1 Å². The number of aliphatic carboxylic acids is 1. The Morgan fingerprint density at radius 1 is 1.05 bits per heavy atom. The third kappa shape index (κ3) is 7.08. The largest absolute Gasteiger partial charge is 0.481 e. The molecular formula is C27H31F5N2O3. The summed E-state index contributed by atoms with van der Waals surface area (Å²) in [6.45, 7) is 12.0. The maximum Gasteiger partial charge on any atom is 0.419 e. The fourth-order valence-corrected chi connectivity index (χ4v) is 4.49. The molecule has 0 aromatic heterocycles. The van der Waals surface area contributed by atoms with E-state index in [0.29, 0.717) is 17.2 Å². The molecule has 0 radical (unpaired) electrons. The number of carbonyl (C=O) groups excluding carboxylic acids is 1. The summed E-state index contributed by atoms with van der Waals surface area (Å²) in [5.74, 6) is -5.76. The molecule has 1 unspecified atom stereocenters. The summed E-state index contributed by atoms with van der Waals surface area (Å²) < 4.78 is 73.0. The quantitative estimate of drug-likeness (QED) is 0.315. The number of carboxylic acid groups (broad SMARTS) is 1. The van der Waals surface area contributed by atoms with Crippen molar-refractivity contribution in [2.45, 2.75) is 65.7 Å². The monoisotopic (exact) mass is 526 g/mol. The smallest absolute Gasteiger partial charge is 0.419 e. The molecule has 2 aromatic rings. The molecule has 1 amide bonds. The lowest BCUT2D eigenvalue weighted by atomic mass is 9.88. The normalized spacial score (nSPS) is 13.3. The third-order valence-electron chi connectivity index (χ3n) is 5.87. The highest BCUT2D eigenvalue weighted by Crippen LogP contribution is 2.42. The van der Waals surface area contributed by atoms with Crippen molar-refractivity contribution in [2.75, 3.05) is 0 Å². The second-order valence-corrected chi connectivity index (χ2v) is 9.50. The summed E-state index contributed by atoms with van der Waals surface area (Å²) in [5.41, 5.74) is -1.64. The van der Waals surface area contributed by atoms with E-state index in [2.05, 4.69) is 17.2 Å². The van der Waals surface area contributed by atoms with Gasteiger partial charge >= 0.3 is 12.1 Å². The van der Waals surface area contributed by atoms with Gasteiger partial charge < -0.3 is 15.7 Å². The molecule has 202 valence electrons. The lowest BCUT2D eigenvalue weighted by Gasteiger charge is -2.26. The van der Waals surface area contributed by atoms with Crippen molar-refractivity contribution < 1.29 is 36.6 Å².